The molecule has 0 saturated heterocycles. The van der Waals surface area contributed by atoms with Crippen molar-refractivity contribution in [2.24, 2.45) is 0 Å². The summed E-state index contributed by atoms with van der Waals surface area (Å²) in [7, 11) is 1.58. The van der Waals surface area contributed by atoms with Crippen molar-refractivity contribution >= 4 is 11.7 Å². The summed E-state index contributed by atoms with van der Waals surface area (Å²) in [4.78, 5) is 16.1. The third-order valence-corrected chi connectivity index (χ3v) is 3.43. The van der Waals surface area contributed by atoms with Crippen LogP contribution in [0.5, 0.6) is 5.75 Å². The number of rotatable bonds is 7. The zero-order chi connectivity index (χ0) is 17.4. The first-order valence-corrected chi connectivity index (χ1v) is 7.74. The van der Waals surface area contributed by atoms with Gasteiger partial charge >= 0.3 is 0 Å². The number of hydrogen-bond acceptors (Lipinski definition) is 5. The summed E-state index contributed by atoms with van der Waals surface area (Å²) in [5.74, 6) is 0.976. The van der Waals surface area contributed by atoms with Crippen LogP contribution in [0.2, 0.25) is 0 Å². The van der Waals surface area contributed by atoms with Gasteiger partial charge in [-0.2, -0.15) is 5.26 Å². The number of nitriles is 1. The highest BCUT2D eigenvalue weighted by atomic mass is 16.5. The lowest BCUT2D eigenvalue weighted by molar-refractivity contribution is 0.0963. The molecule has 1 aromatic heterocycles. The van der Waals surface area contributed by atoms with Crippen LogP contribution in [0.4, 0.5) is 5.82 Å². The Morgan fingerprint density at radius 2 is 2.21 bits per heavy atom. The summed E-state index contributed by atoms with van der Waals surface area (Å²) < 4.78 is 5.62. The number of nitrogens with one attached hydrogen (secondary N) is 2. The Kier molecular flexibility index (Phi) is 6.15. The van der Waals surface area contributed by atoms with Crippen LogP contribution >= 0.6 is 0 Å². The quantitative estimate of drug-likeness (QED) is 0.818. The minimum absolute atomic E-state index is 0.192. The van der Waals surface area contributed by atoms with E-state index in [1.807, 2.05) is 31.2 Å². The molecular formula is C18H20N4O2. The van der Waals surface area contributed by atoms with E-state index in [-0.39, 0.29) is 5.91 Å². The van der Waals surface area contributed by atoms with Gasteiger partial charge in [0.15, 0.2) is 6.10 Å². The topological polar surface area (TPSA) is 87.0 Å². The van der Waals surface area contributed by atoms with Crippen LogP contribution in [0.3, 0.4) is 0 Å². The van der Waals surface area contributed by atoms with Crippen molar-refractivity contribution in [3.05, 3.63) is 53.7 Å². The van der Waals surface area contributed by atoms with Crippen LogP contribution in [0.15, 0.2) is 42.6 Å². The second-order valence-corrected chi connectivity index (χ2v) is 5.12. The molecule has 1 atom stereocenters. The van der Waals surface area contributed by atoms with Crippen molar-refractivity contribution in [3.8, 4) is 11.8 Å². The van der Waals surface area contributed by atoms with Crippen LogP contribution in [0.25, 0.3) is 0 Å². The largest absolute Gasteiger partial charge is 0.476 e. The summed E-state index contributed by atoms with van der Waals surface area (Å²) in [6, 6.07) is 13.0. The van der Waals surface area contributed by atoms with Crippen LogP contribution in [0.1, 0.15) is 29.3 Å². The van der Waals surface area contributed by atoms with Gasteiger partial charge in [0.25, 0.3) is 5.91 Å². The van der Waals surface area contributed by atoms with Crippen LogP contribution in [-0.2, 0) is 6.54 Å². The minimum atomic E-state index is -0.455. The maximum Gasteiger partial charge on any atom is 0.254 e. The van der Waals surface area contributed by atoms with E-state index in [1.54, 1.807) is 25.4 Å². The van der Waals surface area contributed by atoms with E-state index in [0.717, 1.165) is 5.56 Å². The first-order valence-electron chi connectivity index (χ1n) is 7.74. The molecule has 0 saturated carbocycles. The lowest BCUT2D eigenvalue weighted by Gasteiger charge is -2.13. The highest BCUT2D eigenvalue weighted by molar-refractivity contribution is 5.98. The zero-order valence-electron chi connectivity index (χ0n) is 13.7. The van der Waals surface area contributed by atoms with E-state index in [2.05, 4.69) is 21.7 Å². The molecule has 2 aromatic rings. The monoisotopic (exact) mass is 324 g/mol. The van der Waals surface area contributed by atoms with Crippen LogP contribution < -0.4 is 15.4 Å². The summed E-state index contributed by atoms with van der Waals surface area (Å²) in [6.45, 7) is 2.39. The van der Waals surface area contributed by atoms with Gasteiger partial charge in [0.05, 0.1) is 5.56 Å². The minimum Gasteiger partial charge on any atom is -0.476 e. The highest BCUT2D eigenvalue weighted by Gasteiger charge is 2.10. The van der Waals surface area contributed by atoms with Gasteiger partial charge in [-0.15, -0.1) is 0 Å². The number of ether oxygens (including phenoxy) is 1. The van der Waals surface area contributed by atoms with Gasteiger partial charge in [-0.25, -0.2) is 4.98 Å². The number of anilines is 1. The smallest absolute Gasteiger partial charge is 0.254 e. The lowest BCUT2D eigenvalue weighted by atomic mass is 10.2. The third kappa shape index (κ3) is 4.46. The van der Waals surface area contributed by atoms with Gasteiger partial charge in [-0.3, -0.25) is 4.79 Å². The lowest BCUT2D eigenvalue weighted by Crippen LogP contribution is -2.20. The molecule has 6 nitrogen and oxygen atoms in total. The summed E-state index contributed by atoms with van der Waals surface area (Å²) in [5.41, 5.74) is 1.46. The number of amides is 1. The molecule has 0 spiro atoms. The van der Waals surface area contributed by atoms with Gasteiger partial charge in [-0.1, -0.05) is 19.1 Å². The molecule has 2 N–H and O–H groups in total. The van der Waals surface area contributed by atoms with Gasteiger partial charge in [-0.05, 0) is 36.2 Å². The van der Waals surface area contributed by atoms with Gasteiger partial charge < -0.3 is 15.4 Å². The fourth-order valence-electron chi connectivity index (χ4n) is 2.14. The molecule has 2 rings (SSSR count). The molecule has 124 valence electrons. The van der Waals surface area contributed by atoms with E-state index >= 15 is 0 Å². The fraction of sp³-hybridized carbons (Fsp3) is 0.278. The highest BCUT2D eigenvalue weighted by Crippen LogP contribution is 2.18. The molecule has 0 aliphatic heterocycles. The van der Waals surface area contributed by atoms with Gasteiger partial charge in [0.2, 0.25) is 0 Å². The van der Waals surface area contributed by atoms with Crippen molar-refractivity contribution in [2.75, 3.05) is 12.4 Å². The Morgan fingerprint density at radius 1 is 1.38 bits per heavy atom. The van der Waals surface area contributed by atoms with E-state index in [4.69, 9.17) is 10.00 Å². The Balaban J connectivity index is 2.08. The first kappa shape index (κ1) is 17.3. The van der Waals surface area contributed by atoms with Crippen molar-refractivity contribution in [1.82, 2.24) is 10.3 Å². The van der Waals surface area contributed by atoms with Crippen molar-refractivity contribution in [2.45, 2.75) is 26.0 Å². The Hall–Kier alpha value is -3.07. The second-order valence-electron chi connectivity index (χ2n) is 5.12. The number of hydrogen-bond donors (Lipinski definition) is 2. The Bertz CT molecular complexity index is 740. The molecule has 0 radical (unpaired) electrons. The average Bonchev–Trinajstić information content (AvgIpc) is 2.64. The van der Waals surface area contributed by atoms with Crippen molar-refractivity contribution in [1.29, 1.82) is 5.26 Å². The molecule has 1 heterocycles. The predicted molar refractivity (Wildman–Crippen MR) is 91.7 cm³/mol. The standard InChI is InChI=1S/C18H20N4O2/c1-3-14(11-19)24-15-7-4-6-13(10-15)12-22-17-16(18(23)20-2)8-5-9-21-17/h4-10,14H,3,12H2,1-2H3,(H,20,23)(H,21,22)/t14-/m0/s1. The summed E-state index contributed by atoms with van der Waals surface area (Å²) in [6.07, 6.45) is 1.80. The number of nitrogens with zero attached hydrogens (tertiary/aromatic N) is 2. The molecule has 6 heteroatoms. The van der Waals surface area contributed by atoms with Crippen LogP contribution in [-0.4, -0.2) is 24.0 Å². The Labute approximate surface area is 141 Å². The SMILES string of the molecule is CC[C@@H](C#N)Oc1cccc(CNc2ncccc2C(=O)NC)c1. The van der Waals surface area contributed by atoms with Crippen LogP contribution in [0, 0.1) is 11.3 Å². The molecule has 0 aliphatic rings. The van der Waals surface area contributed by atoms with Gasteiger partial charge in [0, 0.05) is 19.8 Å². The number of benzene rings is 1. The van der Waals surface area contributed by atoms with Crippen molar-refractivity contribution in [3.63, 3.8) is 0 Å². The maximum absolute atomic E-state index is 11.8. The molecular weight excluding hydrogens is 304 g/mol. The average molecular weight is 324 g/mol. The molecule has 0 fully saturated rings. The normalized spacial score (nSPS) is 11.2. The number of carbonyl (C=O) groups is 1. The molecule has 1 aromatic carbocycles. The number of pyridine rings is 1. The number of aromatic nitrogens is 1. The van der Waals surface area contributed by atoms with E-state index in [0.29, 0.717) is 30.1 Å². The van der Waals surface area contributed by atoms with Gasteiger partial charge in [0.1, 0.15) is 17.6 Å². The van der Waals surface area contributed by atoms with E-state index < -0.39 is 6.10 Å². The molecule has 0 bridgehead atoms. The first-order chi connectivity index (χ1) is 11.7. The second kappa shape index (κ2) is 8.53. The molecule has 0 unspecified atom stereocenters. The maximum atomic E-state index is 11.8. The van der Waals surface area contributed by atoms with Crippen molar-refractivity contribution < 1.29 is 9.53 Å². The summed E-state index contributed by atoms with van der Waals surface area (Å²) in [5, 5.41) is 14.7. The fourth-order valence-corrected chi connectivity index (χ4v) is 2.14. The van der Waals surface area contributed by atoms with E-state index in [1.165, 1.54) is 0 Å². The predicted octanol–water partition coefficient (Wildman–Crippen LogP) is 2.73. The number of carbonyl (C=O) groups excluding carboxylic acids is 1. The third-order valence-electron chi connectivity index (χ3n) is 3.43. The zero-order valence-corrected chi connectivity index (χ0v) is 13.7. The molecule has 0 aliphatic carbocycles. The van der Waals surface area contributed by atoms with E-state index in [9.17, 15) is 4.79 Å². The molecule has 1 amide bonds. The molecule has 24 heavy (non-hydrogen) atoms. The Morgan fingerprint density at radius 3 is 2.92 bits per heavy atom. The summed E-state index contributed by atoms with van der Waals surface area (Å²) >= 11 is 0.